The van der Waals surface area contributed by atoms with Gasteiger partial charge in [0, 0.05) is 23.6 Å². The molecule has 1 atom stereocenters. The topological polar surface area (TPSA) is 15.3 Å². The third-order valence-corrected chi connectivity index (χ3v) is 3.17. The van der Waals surface area contributed by atoms with Crippen molar-refractivity contribution in [1.82, 2.24) is 10.2 Å². The van der Waals surface area contributed by atoms with E-state index in [-0.39, 0.29) is 0 Å². The fourth-order valence-corrected chi connectivity index (χ4v) is 2.31. The predicted octanol–water partition coefficient (Wildman–Crippen LogP) is 2.61. The molecule has 1 heterocycles. The van der Waals surface area contributed by atoms with Gasteiger partial charge in [0.15, 0.2) is 0 Å². The lowest BCUT2D eigenvalue weighted by molar-refractivity contribution is 0.208. The van der Waals surface area contributed by atoms with Crippen LogP contribution < -0.4 is 5.32 Å². The molecular weight excluding hydrogens is 252 g/mol. The number of rotatable bonds is 2. The average Bonchev–Trinajstić information content (AvgIpc) is 2.27. The van der Waals surface area contributed by atoms with Crippen LogP contribution in [0.4, 0.5) is 0 Å². The largest absolute Gasteiger partial charge is 0.312 e. The van der Waals surface area contributed by atoms with Gasteiger partial charge in [-0.15, -0.1) is 0 Å². The van der Waals surface area contributed by atoms with Crippen LogP contribution in [0.2, 0.25) is 0 Å². The van der Waals surface area contributed by atoms with Crippen molar-refractivity contribution in [3.63, 3.8) is 0 Å². The van der Waals surface area contributed by atoms with Gasteiger partial charge in [0.25, 0.3) is 0 Å². The summed E-state index contributed by atoms with van der Waals surface area (Å²) in [6, 6.07) is 0.576. The van der Waals surface area contributed by atoms with Gasteiger partial charge in [0.05, 0.1) is 0 Å². The Morgan fingerprint density at radius 1 is 1.53 bits per heavy atom. The number of nitrogens with zero attached hydrogens (tertiary/aromatic N) is 1. The Balaban J connectivity index is 2.57. The molecule has 1 N–H and O–H groups in total. The Morgan fingerprint density at radius 2 is 2.20 bits per heavy atom. The van der Waals surface area contributed by atoms with Crippen molar-refractivity contribution >= 4 is 15.9 Å². The van der Waals surface area contributed by atoms with E-state index in [4.69, 9.17) is 0 Å². The molecule has 3 heteroatoms. The summed E-state index contributed by atoms with van der Waals surface area (Å²) in [5.74, 6) is 0. The highest BCUT2D eigenvalue weighted by atomic mass is 79.9. The molecule has 1 saturated heterocycles. The maximum atomic E-state index is 3.92. The molecule has 2 nitrogen and oxygen atoms in total. The third kappa shape index (κ3) is 4.66. The van der Waals surface area contributed by atoms with Crippen LogP contribution in [0.5, 0.6) is 0 Å². The Kier molecular flexibility index (Phi) is 4.81. The molecule has 1 rings (SSSR count). The zero-order valence-electron chi connectivity index (χ0n) is 10.1. The lowest BCUT2D eigenvalue weighted by atomic mass is 9.86. The number of hydrogen-bond acceptors (Lipinski definition) is 2. The van der Waals surface area contributed by atoms with Crippen molar-refractivity contribution in [1.29, 1.82) is 0 Å². The minimum atomic E-state index is 0.330. The number of halogens is 1. The van der Waals surface area contributed by atoms with Crippen molar-refractivity contribution in [2.24, 2.45) is 5.41 Å². The second-order valence-electron chi connectivity index (χ2n) is 5.48. The van der Waals surface area contributed by atoms with Gasteiger partial charge in [-0.2, -0.15) is 0 Å². The average molecular weight is 275 g/mol. The van der Waals surface area contributed by atoms with Crippen molar-refractivity contribution in [2.75, 3.05) is 26.2 Å². The highest BCUT2D eigenvalue weighted by Gasteiger charge is 2.27. The van der Waals surface area contributed by atoms with Gasteiger partial charge in [-0.3, -0.25) is 4.90 Å². The molecule has 0 bridgehead atoms. The zero-order chi connectivity index (χ0) is 11.5. The highest BCUT2D eigenvalue weighted by Crippen LogP contribution is 2.22. The standard InChI is InChI=1S/C12H23BrN2/c1-10(13)8-15-7-5-6-14-11(9-15)12(2,3)4/h11,14H,1,5-9H2,2-4H3. The highest BCUT2D eigenvalue weighted by molar-refractivity contribution is 9.11. The maximum absolute atomic E-state index is 3.92. The summed E-state index contributed by atoms with van der Waals surface area (Å²) in [6.45, 7) is 15.2. The molecule has 0 radical (unpaired) electrons. The van der Waals surface area contributed by atoms with E-state index in [1.54, 1.807) is 0 Å². The molecule has 1 unspecified atom stereocenters. The van der Waals surface area contributed by atoms with E-state index in [1.807, 2.05) is 0 Å². The Labute approximate surface area is 102 Å². The fourth-order valence-electron chi connectivity index (χ4n) is 1.96. The summed E-state index contributed by atoms with van der Waals surface area (Å²) >= 11 is 3.45. The smallest absolute Gasteiger partial charge is 0.0294 e. The summed E-state index contributed by atoms with van der Waals surface area (Å²) in [4.78, 5) is 2.48. The van der Waals surface area contributed by atoms with Gasteiger partial charge in [0.1, 0.15) is 0 Å². The van der Waals surface area contributed by atoms with Crippen LogP contribution in [-0.4, -0.2) is 37.1 Å². The Bertz CT molecular complexity index is 220. The number of hydrogen-bond donors (Lipinski definition) is 1. The minimum Gasteiger partial charge on any atom is -0.312 e. The van der Waals surface area contributed by atoms with Crippen molar-refractivity contribution < 1.29 is 0 Å². The van der Waals surface area contributed by atoms with Crippen LogP contribution in [0.15, 0.2) is 11.1 Å². The van der Waals surface area contributed by atoms with Gasteiger partial charge in [0.2, 0.25) is 0 Å². The predicted molar refractivity (Wildman–Crippen MR) is 70.4 cm³/mol. The first kappa shape index (κ1) is 13.2. The summed E-state index contributed by atoms with van der Waals surface area (Å²) in [5, 5.41) is 3.64. The van der Waals surface area contributed by atoms with Gasteiger partial charge in [-0.25, -0.2) is 0 Å². The fraction of sp³-hybridized carbons (Fsp3) is 0.833. The SMILES string of the molecule is C=C(Br)CN1CCCNC(C(C)(C)C)C1. The van der Waals surface area contributed by atoms with Crippen LogP contribution in [-0.2, 0) is 0 Å². The first-order chi connectivity index (χ1) is 6.89. The molecule has 0 aromatic rings. The van der Waals surface area contributed by atoms with E-state index in [0.717, 1.165) is 24.1 Å². The summed E-state index contributed by atoms with van der Waals surface area (Å²) in [7, 11) is 0. The lowest BCUT2D eigenvalue weighted by Crippen LogP contribution is -2.46. The molecule has 0 spiro atoms. The molecule has 0 saturated carbocycles. The summed E-state index contributed by atoms with van der Waals surface area (Å²) in [5.41, 5.74) is 0.330. The third-order valence-electron chi connectivity index (χ3n) is 2.92. The van der Waals surface area contributed by atoms with E-state index in [2.05, 4.69) is 53.5 Å². The minimum absolute atomic E-state index is 0.330. The van der Waals surface area contributed by atoms with E-state index < -0.39 is 0 Å². The van der Waals surface area contributed by atoms with Crippen LogP contribution in [0.3, 0.4) is 0 Å². The molecule has 1 fully saturated rings. The van der Waals surface area contributed by atoms with Crippen LogP contribution in [0.25, 0.3) is 0 Å². The van der Waals surface area contributed by atoms with E-state index in [1.165, 1.54) is 13.0 Å². The molecule has 1 aliphatic rings. The second-order valence-corrected chi connectivity index (χ2v) is 6.60. The van der Waals surface area contributed by atoms with Crippen molar-refractivity contribution in [2.45, 2.75) is 33.2 Å². The van der Waals surface area contributed by atoms with E-state index in [0.29, 0.717) is 11.5 Å². The first-order valence-corrected chi connectivity index (χ1v) is 6.48. The monoisotopic (exact) mass is 274 g/mol. The quantitative estimate of drug-likeness (QED) is 0.833. The molecule has 0 aromatic heterocycles. The number of nitrogens with one attached hydrogen (secondary N) is 1. The van der Waals surface area contributed by atoms with E-state index in [9.17, 15) is 0 Å². The van der Waals surface area contributed by atoms with Gasteiger partial charge in [-0.1, -0.05) is 43.3 Å². The molecule has 15 heavy (non-hydrogen) atoms. The first-order valence-electron chi connectivity index (χ1n) is 5.68. The molecule has 0 aliphatic carbocycles. The lowest BCUT2D eigenvalue weighted by Gasteiger charge is -2.33. The van der Waals surface area contributed by atoms with E-state index >= 15 is 0 Å². The van der Waals surface area contributed by atoms with Crippen molar-refractivity contribution in [3.8, 4) is 0 Å². The molecule has 0 aromatic carbocycles. The summed E-state index contributed by atoms with van der Waals surface area (Å²) in [6.07, 6.45) is 1.23. The molecule has 1 aliphatic heterocycles. The van der Waals surface area contributed by atoms with Gasteiger partial charge in [-0.05, 0) is 24.9 Å². The van der Waals surface area contributed by atoms with Crippen LogP contribution in [0.1, 0.15) is 27.2 Å². The van der Waals surface area contributed by atoms with Crippen LogP contribution >= 0.6 is 15.9 Å². The molecule has 0 amide bonds. The van der Waals surface area contributed by atoms with Gasteiger partial charge < -0.3 is 5.32 Å². The molecular formula is C12H23BrN2. The Hall–Kier alpha value is 0.140. The maximum Gasteiger partial charge on any atom is 0.0294 e. The Morgan fingerprint density at radius 3 is 2.73 bits per heavy atom. The molecule has 88 valence electrons. The normalized spacial score (nSPS) is 24.9. The summed E-state index contributed by atoms with van der Waals surface area (Å²) < 4.78 is 1.08. The van der Waals surface area contributed by atoms with Crippen molar-refractivity contribution in [3.05, 3.63) is 11.1 Å². The van der Waals surface area contributed by atoms with Crippen LogP contribution in [0, 0.1) is 5.41 Å². The van der Waals surface area contributed by atoms with Gasteiger partial charge >= 0.3 is 0 Å². The second kappa shape index (κ2) is 5.46. The zero-order valence-corrected chi connectivity index (χ0v) is 11.7.